The molecule has 5 heterocycles. The maximum Gasteiger partial charge on any atom is 0.323 e. The van der Waals surface area contributed by atoms with E-state index in [1.54, 1.807) is 12.4 Å². The fraction of sp³-hybridized carbons (Fsp3) is 0.316. The predicted molar refractivity (Wildman–Crippen MR) is 103 cm³/mol. The number of fused-ring (bicyclic) bond motifs is 1. The van der Waals surface area contributed by atoms with Crippen LogP contribution >= 0.6 is 0 Å². The van der Waals surface area contributed by atoms with Crippen molar-refractivity contribution in [2.24, 2.45) is 5.41 Å². The van der Waals surface area contributed by atoms with Gasteiger partial charge in [-0.05, 0) is 24.6 Å². The molecule has 144 valence electrons. The highest BCUT2D eigenvalue weighted by Crippen LogP contribution is 2.40. The van der Waals surface area contributed by atoms with Crippen LogP contribution in [0.3, 0.4) is 0 Å². The highest BCUT2D eigenvalue weighted by molar-refractivity contribution is 6.05. The zero-order valence-corrected chi connectivity index (χ0v) is 15.3. The monoisotopic (exact) mass is 382 g/mol. The van der Waals surface area contributed by atoms with Gasteiger partial charge in [0.05, 0.1) is 42.4 Å². The largest absolute Gasteiger partial charge is 0.380 e. The summed E-state index contributed by atoms with van der Waals surface area (Å²) in [6.07, 6.45) is 4.34. The Morgan fingerprint density at radius 3 is 2.79 bits per heavy atom. The number of hydrogen-bond acceptors (Lipinski definition) is 5. The molecule has 0 bridgehead atoms. The summed E-state index contributed by atoms with van der Waals surface area (Å²) in [5, 5.41) is 5.97. The van der Waals surface area contributed by atoms with Gasteiger partial charge in [0.25, 0.3) is 0 Å². The summed E-state index contributed by atoms with van der Waals surface area (Å²) in [6.45, 7) is 5.55. The van der Waals surface area contributed by atoms with Gasteiger partial charge >= 0.3 is 6.03 Å². The van der Waals surface area contributed by atoms with Gasteiger partial charge in [-0.25, -0.2) is 19.2 Å². The number of urea groups is 1. The average molecular weight is 382 g/mol. The lowest BCUT2D eigenvalue weighted by atomic mass is 9.78. The summed E-state index contributed by atoms with van der Waals surface area (Å²) < 4.78 is 18.7. The minimum atomic E-state index is -0.466. The lowest BCUT2D eigenvalue weighted by Crippen LogP contribution is -2.66. The van der Waals surface area contributed by atoms with E-state index in [0.717, 1.165) is 43.9 Å². The third-order valence-electron chi connectivity index (χ3n) is 5.22. The van der Waals surface area contributed by atoms with Gasteiger partial charge in [-0.2, -0.15) is 0 Å². The van der Waals surface area contributed by atoms with Crippen molar-refractivity contribution in [2.45, 2.75) is 6.92 Å². The molecule has 0 atom stereocenters. The molecule has 2 aliphatic heterocycles. The predicted octanol–water partition coefficient (Wildman–Crippen LogP) is 2.89. The number of carbonyl (C=O) groups excluding carboxylic acids is 1. The normalized spacial score (nSPS) is 17.3. The van der Waals surface area contributed by atoms with Crippen LogP contribution < -0.4 is 15.5 Å². The molecule has 3 aromatic rings. The molecule has 3 aromatic heterocycles. The molecule has 0 aromatic carbocycles. The van der Waals surface area contributed by atoms with Crippen molar-refractivity contribution >= 4 is 34.3 Å². The molecule has 1 spiro atoms. The lowest BCUT2D eigenvalue weighted by molar-refractivity contribution is -0.127. The molecule has 8 nitrogen and oxygen atoms in total. The minimum absolute atomic E-state index is 0.318. The number of aromatic amines is 1. The standard InChI is InChI=1S/C19H19FN6O2/c1-11-2-13(5-23-17(11)26-7-19(8-26)9-28-10-19)24-18(27)25-15-6-22-16-14(15)3-12(20)4-21-16/h2-6H,7-10H2,1H3,(H,21,22)(H2,24,25,27). The van der Waals surface area contributed by atoms with Crippen LogP contribution in [-0.2, 0) is 4.74 Å². The number of nitrogens with zero attached hydrogens (tertiary/aromatic N) is 3. The molecule has 9 heteroatoms. The smallest absolute Gasteiger partial charge is 0.323 e. The van der Waals surface area contributed by atoms with Gasteiger partial charge < -0.3 is 25.3 Å². The van der Waals surface area contributed by atoms with Crippen LogP contribution in [0.1, 0.15) is 5.56 Å². The maximum atomic E-state index is 13.4. The van der Waals surface area contributed by atoms with Crippen LogP contribution in [0.15, 0.2) is 30.7 Å². The molecular weight excluding hydrogens is 363 g/mol. The van der Waals surface area contributed by atoms with E-state index in [1.807, 2.05) is 13.0 Å². The Balaban J connectivity index is 1.26. The number of aromatic nitrogens is 3. The van der Waals surface area contributed by atoms with E-state index < -0.39 is 11.8 Å². The second-order valence-electron chi connectivity index (χ2n) is 7.54. The van der Waals surface area contributed by atoms with E-state index in [1.165, 1.54) is 6.07 Å². The first-order valence-corrected chi connectivity index (χ1v) is 9.01. The summed E-state index contributed by atoms with van der Waals surface area (Å²) >= 11 is 0. The van der Waals surface area contributed by atoms with E-state index >= 15 is 0 Å². The molecular formula is C19H19FN6O2. The summed E-state index contributed by atoms with van der Waals surface area (Å²) in [5.41, 5.74) is 2.85. The van der Waals surface area contributed by atoms with Crippen LogP contribution in [-0.4, -0.2) is 47.3 Å². The average Bonchev–Trinajstić information content (AvgIpc) is 2.96. The Hall–Kier alpha value is -3.20. The molecule has 2 fully saturated rings. The minimum Gasteiger partial charge on any atom is -0.380 e. The van der Waals surface area contributed by atoms with Crippen molar-refractivity contribution < 1.29 is 13.9 Å². The fourth-order valence-electron chi connectivity index (χ4n) is 3.82. The molecule has 0 unspecified atom stereocenters. The van der Waals surface area contributed by atoms with Gasteiger partial charge in [0.15, 0.2) is 0 Å². The second-order valence-corrected chi connectivity index (χ2v) is 7.54. The molecule has 2 aliphatic rings. The van der Waals surface area contributed by atoms with Crippen molar-refractivity contribution in [1.29, 1.82) is 0 Å². The van der Waals surface area contributed by atoms with Gasteiger partial charge in [0.2, 0.25) is 0 Å². The molecule has 28 heavy (non-hydrogen) atoms. The van der Waals surface area contributed by atoms with Gasteiger partial charge in [0.1, 0.15) is 17.3 Å². The quantitative estimate of drug-likeness (QED) is 0.647. The summed E-state index contributed by atoms with van der Waals surface area (Å²) in [7, 11) is 0. The number of ether oxygens (including phenoxy) is 1. The summed E-state index contributed by atoms with van der Waals surface area (Å²) in [4.78, 5) is 25.9. The van der Waals surface area contributed by atoms with Crippen molar-refractivity contribution in [2.75, 3.05) is 41.8 Å². The number of carbonyl (C=O) groups is 1. The Morgan fingerprint density at radius 2 is 2.07 bits per heavy atom. The fourth-order valence-corrected chi connectivity index (χ4v) is 3.82. The molecule has 0 saturated carbocycles. The van der Waals surface area contributed by atoms with E-state index in [-0.39, 0.29) is 0 Å². The zero-order valence-electron chi connectivity index (χ0n) is 15.3. The number of H-pyrrole nitrogens is 1. The van der Waals surface area contributed by atoms with Crippen LogP contribution in [0, 0.1) is 18.2 Å². The number of pyridine rings is 2. The molecule has 5 rings (SSSR count). The highest BCUT2D eigenvalue weighted by Gasteiger charge is 2.49. The number of nitrogens with one attached hydrogen (secondary N) is 3. The van der Waals surface area contributed by atoms with E-state index in [2.05, 4.69) is 30.5 Å². The van der Waals surface area contributed by atoms with Crippen LogP contribution in [0.25, 0.3) is 11.0 Å². The van der Waals surface area contributed by atoms with Gasteiger partial charge in [0, 0.05) is 24.7 Å². The van der Waals surface area contributed by atoms with Crippen LogP contribution in [0.2, 0.25) is 0 Å². The van der Waals surface area contributed by atoms with Gasteiger partial charge in [-0.15, -0.1) is 0 Å². The first kappa shape index (κ1) is 16.9. The Kier molecular flexibility index (Phi) is 3.73. The number of rotatable bonds is 3. The van der Waals surface area contributed by atoms with Gasteiger partial charge in [-0.3, -0.25) is 0 Å². The Labute approximate surface area is 160 Å². The van der Waals surface area contributed by atoms with Crippen molar-refractivity contribution in [1.82, 2.24) is 15.0 Å². The number of hydrogen-bond donors (Lipinski definition) is 3. The molecule has 0 radical (unpaired) electrons. The van der Waals surface area contributed by atoms with E-state index in [4.69, 9.17) is 4.74 Å². The third kappa shape index (κ3) is 2.84. The Morgan fingerprint density at radius 1 is 1.25 bits per heavy atom. The van der Waals surface area contributed by atoms with E-state index in [0.29, 0.717) is 27.8 Å². The number of anilines is 3. The maximum absolute atomic E-state index is 13.4. The SMILES string of the molecule is Cc1cc(NC(=O)Nc2c[nH]c3ncc(F)cc23)cnc1N1CC2(COC2)C1. The molecule has 2 amide bonds. The van der Waals surface area contributed by atoms with Crippen molar-refractivity contribution in [3.63, 3.8) is 0 Å². The second kappa shape index (κ2) is 6.16. The zero-order chi connectivity index (χ0) is 19.3. The van der Waals surface area contributed by atoms with Crippen molar-refractivity contribution in [3.8, 4) is 0 Å². The van der Waals surface area contributed by atoms with Crippen LogP contribution in [0.4, 0.5) is 26.4 Å². The first-order chi connectivity index (χ1) is 13.5. The van der Waals surface area contributed by atoms with Crippen LogP contribution in [0.5, 0.6) is 0 Å². The molecule has 0 aliphatic carbocycles. The number of aryl methyl sites for hydroxylation is 1. The third-order valence-corrected chi connectivity index (χ3v) is 5.22. The molecule has 3 N–H and O–H groups in total. The first-order valence-electron chi connectivity index (χ1n) is 9.01. The highest BCUT2D eigenvalue weighted by atomic mass is 19.1. The van der Waals surface area contributed by atoms with Gasteiger partial charge in [-0.1, -0.05) is 0 Å². The van der Waals surface area contributed by atoms with Crippen molar-refractivity contribution in [3.05, 3.63) is 42.1 Å². The summed E-state index contributed by atoms with van der Waals surface area (Å²) in [5.74, 6) is 0.467. The number of halogens is 1. The topological polar surface area (TPSA) is 95.2 Å². The van der Waals surface area contributed by atoms with E-state index in [9.17, 15) is 9.18 Å². The Bertz CT molecular complexity index is 1070. The number of amides is 2. The summed E-state index contributed by atoms with van der Waals surface area (Å²) in [6, 6.07) is 2.77. The lowest BCUT2D eigenvalue weighted by Gasteiger charge is -2.55. The molecule has 2 saturated heterocycles.